The minimum atomic E-state index is 0.0774. The van der Waals surface area contributed by atoms with Crippen molar-refractivity contribution in [2.75, 3.05) is 13.1 Å². The number of nitrogens with zero attached hydrogens (tertiary/aromatic N) is 4. The summed E-state index contributed by atoms with van der Waals surface area (Å²) in [5.74, 6) is 0.0774. The second kappa shape index (κ2) is 7.17. The molecule has 0 saturated carbocycles. The lowest BCUT2D eigenvalue weighted by Gasteiger charge is -2.21. The molecule has 0 saturated heterocycles. The Morgan fingerprint density at radius 2 is 2.17 bits per heavy atom. The minimum Gasteiger partial charge on any atom is -0.297 e. The Labute approximate surface area is 110 Å². The number of aryl methyl sites for hydroxylation is 2. The molecule has 0 N–H and O–H groups in total. The fourth-order valence-electron chi connectivity index (χ4n) is 2.05. The van der Waals surface area contributed by atoms with Crippen LogP contribution in [0.2, 0.25) is 0 Å². The van der Waals surface area contributed by atoms with E-state index in [4.69, 9.17) is 5.26 Å². The van der Waals surface area contributed by atoms with Gasteiger partial charge in [0.2, 0.25) is 0 Å². The summed E-state index contributed by atoms with van der Waals surface area (Å²) in [6, 6.07) is 4.48. The lowest BCUT2D eigenvalue weighted by molar-refractivity contribution is 0.252. The van der Waals surface area contributed by atoms with Gasteiger partial charge in [0.1, 0.15) is 0 Å². The number of hydrogen-bond donors (Lipinski definition) is 0. The standard InChI is InChI=1S/C14H24N4/c1-5-13-8-14(18(7-3)16-13)11-17(6-2)10-12(4)9-15/h8,12H,5-7,10-11H2,1-4H3. The van der Waals surface area contributed by atoms with Crippen LogP contribution < -0.4 is 0 Å². The third kappa shape index (κ3) is 3.85. The highest BCUT2D eigenvalue weighted by Crippen LogP contribution is 2.10. The predicted octanol–water partition coefficient (Wildman–Crippen LogP) is 2.45. The molecule has 0 amide bonds. The van der Waals surface area contributed by atoms with Crippen LogP contribution in [-0.2, 0) is 19.5 Å². The molecule has 0 aliphatic heterocycles. The summed E-state index contributed by atoms with van der Waals surface area (Å²) in [6.07, 6.45) is 0.973. The van der Waals surface area contributed by atoms with Crippen LogP contribution in [0.1, 0.15) is 39.1 Å². The van der Waals surface area contributed by atoms with Gasteiger partial charge in [-0.1, -0.05) is 13.8 Å². The van der Waals surface area contributed by atoms with E-state index >= 15 is 0 Å². The highest BCUT2D eigenvalue weighted by molar-refractivity contribution is 5.10. The SMILES string of the molecule is CCc1cc(CN(CC)CC(C)C#N)n(CC)n1. The molecule has 18 heavy (non-hydrogen) atoms. The zero-order valence-electron chi connectivity index (χ0n) is 12.0. The smallest absolute Gasteiger partial charge is 0.0666 e. The van der Waals surface area contributed by atoms with Gasteiger partial charge in [-0.25, -0.2) is 0 Å². The van der Waals surface area contributed by atoms with Crippen molar-refractivity contribution in [1.82, 2.24) is 14.7 Å². The van der Waals surface area contributed by atoms with E-state index in [1.165, 1.54) is 5.69 Å². The van der Waals surface area contributed by atoms with E-state index in [0.29, 0.717) is 0 Å². The van der Waals surface area contributed by atoms with E-state index in [-0.39, 0.29) is 5.92 Å². The second-order valence-corrected chi connectivity index (χ2v) is 4.65. The Morgan fingerprint density at radius 1 is 1.44 bits per heavy atom. The first-order chi connectivity index (χ1) is 8.64. The summed E-state index contributed by atoms with van der Waals surface area (Å²) in [5.41, 5.74) is 2.40. The van der Waals surface area contributed by atoms with E-state index in [1.54, 1.807) is 0 Å². The number of nitriles is 1. The Kier molecular flexibility index (Phi) is 5.87. The maximum Gasteiger partial charge on any atom is 0.0666 e. The van der Waals surface area contributed by atoms with E-state index in [9.17, 15) is 0 Å². The van der Waals surface area contributed by atoms with Crippen LogP contribution in [0.25, 0.3) is 0 Å². The summed E-state index contributed by atoms with van der Waals surface area (Å²) in [5, 5.41) is 13.5. The van der Waals surface area contributed by atoms with Gasteiger partial charge in [-0.3, -0.25) is 9.58 Å². The Bertz CT molecular complexity index is 402. The van der Waals surface area contributed by atoms with Gasteiger partial charge in [-0.2, -0.15) is 10.4 Å². The van der Waals surface area contributed by atoms with E-state index in [1.807, 2.05) is 6.92 Å². The molecule has 4 heteroatoms. The molecule has 1 heterocycles. The first kappa shape index (κ1) is 14.7. The van der Waals surface area contributed by atoms with Crippen LogP contribution in [-0.4, -0.2) is 27.8 Å². The number of aromatic nitrogens is 2. The molecular formula is C14H24N4. The van der Waals surface area contributed by atoms with Gasteiger partial charge in [-0.05, 0) is 32.9 Å². The second-order valence-electron chi connectivity index (χ2n) is 4.65. The third-order valence-electron chi connectivity index (χ3n) is 3.16. The van der Waals surface area contributed by atoms with Crippen molar-refractivity contribution in [3.05, 3.63) is 17.5 Å². The van der Waals surface area contributed by atoms with Crippen molar-refractivity contribution < 1.29 is 0 Å². The molecule has 1 aromatic heterocycles. The van der Waals surface area contributed by atoms with Gasteiger partial charge in [0.05, 0.1) is 23.4 Å². The Morgan fingerprint density at radius 3 is 2.67 bits per heavy atom. The van der Waals surface area contributed by atoms with Crippen LogP contribution in [0.4, 0.5) is 0 Å². The lowest BCUT2D eigenvalue weighted by atomic mass is 10.2. The quantitative estimate of drug-likeness (QED) is 0.744. The van der Waals surface area contributed by atoms with Crippen LogP contribution in [0.3, 0.4) is 0 Å². The summed E-state index contributed by atoms with van der Waals surface area (Å²) < 4.78 is 2.07. The molecule has 1 atom stereocenters. The summed E-state index contributed by atoms with van der Waals surface area (Å²) in [4.78, 5) is 2.30. The molecule has 0 radical (unpaired) electrons. The average Bonchev–Trinajstić information content (AvgIpc) is 2.79. The van der Waals surface area contributed by atoms with Crippen LogP contribution >= 0.6 is 0 Å². The third-order valence-corrected chi connectivity index (χ3v) is 3.16. The van der Waals surface area contributed by atoms with Crippen LogP contribution in [0.15, 0.2) is 6.07 Å². The molecular weight excluding hydrogens is 224 g/mol. The van der Waals surface area contributed by atoms with Gasteiger partial charge in [0, 0.05) is 19.6 Å². The largest absolute Gasteiger partial charge is 0.297 e. The van der Waals surface area contributed by atoms with Gasteiger partial charge in [0.25, 0.3) is 0 Å². The van der Waals surface area contributed by atoms with Gasteiger partial charge < -0.3 is 0 Å². The van der Waals surface area contributed by atoms with Crippen molar-refractivity contribution in [3.63, 3.8) is 0 Å². The summed E-state index contributed by atoms with van der Waals surface area (Å²) in [7, 11) is 0. The Balaban J connectivity index is 2.74. The van der Waals surface area contributed by atoms with Crippen molar-refractivity contribution in [2.45, 2.75) is 47.2 Å². The first-order valence-electron chi connectivity index (χ1n) is 6.82. The number of hydrogen-bond acceptors (Lipinski definition) is 3. The predicted molar refractivity (Wildman–Crippen MR) is 73.0 cm³/mol. The zero-order chi connectivity index (χ0) is 13.5. The molecule has 0 bridgehead atoms. The molecule has 1 aromatic rings. The number of rotatable bonds is 7. The molecule has 0 spiro atoms. The maximum absolute atomic E-state index is 8.89. The summed E-state index contributed by atoms with van der Waals surface area (Å²) in [6.45, 7) is 11.9. The van der Waals surface area contributed by atoms with Gasteiger partial charge >= 0.3 is 0 Å². The molecule has 1 unspecified atom stereocenters. The highest BCUT2D eigenvalue weighted by Gasteiger charge is 2.12. The van der Waals surface area contributed by atoms with Crippen molar-refractivity contribution >= 4 is 0 Å². The van der Waals surface area contributed by atoms with Crippen LogP contribution in [0.5, 0.6) is 0 Å². The molecule has 0 aromatic carbocycles. The van der Waals surface area contributed by atoms with Crippen LogP contribution in [0, 0.1) is 17.2 Å². The fourth-order valence-corrected chi connectivity index (χ4v) is 2.05. The average molecular weight is 248 g/mol. The van der Waals surface area contributed by atoms with Crippen molar-refractivity contribution in [1.29, 1.82) is 5.26 Å². The highest BCUT2D eigenvalue weighted by atomic mass is 15.3. The monoisotopic (exact) mass is 248 g/mol. The molecule has 100 valence electrons. The molecule has 0 aliphatic carbocycles. The molecule has 1 rings (SSSR count). The fraction of sp³-hybridized carbons (Fsp3) is 0.714. The lowest BCUT2D eigenvalue weighted by Crippen LogP contribution is -2.28. The molecule has 4 nitrogen and oxygen atoms in total. The topological polar surface area (TPSA) is 44.9 Å². The van der Waals surface area contributed by atoms with Crippen molar-refractivity contribution in [2.24, 2.45) is 5.92 Å². The van der Waals surface area contributed by atoms with Crippen molar-refractivity contribution in [3.8, 4) is 6.07 Å². The normalized spacial score (nSPS) is 12.7. The van der Waals surface area contributed by atoms with E-state index in [2.05, 4.69) is 47.6 Å². The minimum absolute atomic E-state index is 0.0774. The molecule has 0 aliphatic rings. The first-order valence-corrected chi connectivity index (χ1v) is 6.82. The van der Waals surface area contributed by atoms with E-state index < -0.39 is 0 Å². The van der Waals surface area contributed by atoms with Gasteiger partial charge in [-0.15, -0.1) is 0 Å². The van der Waals surface area contributed by atoms with E-state index in [0.717, 1.165) is 38.3 Å². The summed E-state index contributed by atoms with van der Waals surface area (Å²) >= 11 is 0. The van der Waals surface area contributed by atoms with Gasteiger partial charge in [0.15, 0.2) is 0 Å². The zero-order valence-corrected chi connectivity index (χ0v) is 12.0. The maximum atomic E-state index is 8.89. The molecule has 0 fully saturated rings. The Hall–Kier alpha value is -1.34.